The molecule has 1 aromatic rings. The molecule has 0 amide bonds. The van der Waals surface area contributed by atoms with Crippen molar-refractivity contribution in [2.75, 3.05) is 6.26 Å². The monoisotopic (exact) mass is 245 g/mol. The first-order chi connectivity index (χ1) is 8.08. The lowest BCUT2D eigenvalue weighted by Crippen LogP contribution is -2.08. The third-order valence-corrected chi connectivity index (χ3v) is 3.08. The number of nitrogens with zero attached hydrogens (tertiary/aromatic N) is 1. The predicted molar refractivity (Wildman–Crippen MR) is 71.7 cm³/mol. The number of hydrogen-bond acceptors (Lipinski definition) is 3. The summed E-state index contributed by atoms with van der Waals surface area (Å²) in [5.41, 5.74) is 1.10. The van der Waals surface area contributed by atoms with Crippen LogP contribution in [0.4, 0.5) is 0 Å². The minimum atomic E-state index is -0.147. The molecule has 0 radical (unpaired) electrons. The molecule has 0 spiro atoms. The predicted octanol–water partition coefficient (Wildman–Crippen LogP) is 3.54. The standard InChI is InChI=1S/C14H15NOS/c1-10(2)14(16)12(9-15)8-11-4-6-13(17-3)7-5-11/h4-8,10H,1-3H3/b12-8-. The van der Waals surface area contributed by atoms with Crippen LogP contribution in [0.1, 0.15) is 19.4 Å². The van der Waals surface area contributed by atoms with Crippen molar-refractivity contribution in [1.82, 2.24) is 0 Å². The van der Waals surface area contributed by atoms with Gasteiger partial charge < -0.3 is 0 Å². The molecule has 0 N–H and O–H groups in total. The highest BCUT2D eigenvalue weighted by Gasteiger charge is 2.12. The van der Waals surface area contributed by atoms with E-state index in [0.29, 0.717) is 0 Å². The van der Waals surface area contributed by atoms with Gasteiger partial charge in [0.15, 0.2) is 5.78 Å². The third-order valence-electron chi connectivity index (χ3n) is 2.34. The first-order valence-electron chi connectivity index (χ1n) is 5.38. The summed E-state index contributed by atoms with van der Waals surface area (Å²) >= 11 is 1.66. The Hall–Kier alpha value is -1.53. The maximum atomic E-state index is 11.7. The van der Waals surface area contributed by atoms with Crippen LogP contribution in [0.25, 0.3) is 6.08 Å². The molecule has 88 valence electrons. The summed E-state index contributed by atoms with van der Waals surface area (Å²) in [5.74, 6) is -0.257. The Morgan fingerprint density at radius 3 is 2.35 bits per heavy atom. The van der Waals surface area contributed by atoms with E-state index >= 15 is 0 Å². The van der Waals surface area contributed by atoms with Crippen LogP contribution < -0.4 is 0 Å². The SMILES string of the molecule is CSc1ccc(/C=C(/C#N)C(=O)C(C)C)cc1. The highest BCUT2D eigenvalue weighted by Crippen LogP contribution is 2.17. The molecular weight excluding hydrogens is 230 g/mol. The molecule has 0 aliphatic carbocycles. The highest BCUT2D eigenvalue weighted by atomic mass is 32.2. The first-order valence-corrected chi connectivity index (χ1v) is 6.61. The number of nitriles is 1. The van der Waals surface area contributed by atoms with Crippen LogP contribution in [0, 0.1) is 17.2 Å². The quantitative estimate of drug-likeness (QED) is 0.463. The molecule has 0 aromatic heterocycles. The van der Waals surface area contributed by atoms with Crippen molar-refractivity contribution in [1.29, 1.82) is 5.26 Å². The fourth-order valence-corrected chi connectivity index (χ4v) is 1.74. The van der Waals surface area contributed by atoms with E-state index < -0.39 is 0 Å². The first kappa shape index (κ1) is 13.5. The van der Waals surface area contributed by atoms with Crippen molar-refractivity contribution in [3.63, 3.8) is 0 Å². The number of Topliss-reactive ketones (excluding diaryl/α,β-unsaturated/α-hetero) is 1. The van der Waals surface area contributed by atoms with E-state index in [4.69, 9.17) is 5.26 Å². The van der Waals surface area contributed by atoms with Gasteiger partial charge in [-0.05, 0) is 30.0 Å². The second-order valence-corrected chi connectivity index (χ2v) is 4.84. The third kappa shape index (κ3) is 3.76. The zero-order chi connectivity index (χ0) is 12.8. The highest BCUT2D eigenvalue weighted by molar-refractivity contribution is 7.98. The number of rotatable bonds is 4. The lowest BCUT2D eigenvalue weighted by atomic mass is 10.00. The number of thioether (sulfide) groups is 1. The van der Waals surface area contributed by atoms with Gasteiger partial charge in [-0.25, -0.2) is 0 Å². The Labute approximate surface area is 106 Å². The van der Waals surface area contributed by atoms with E-state index in [9.17, 15) is 4.79 Å². The van der Waals surface area contributed by atoms with E-state index in [0.717, 1.165) is 10.5 Å². The van der Waals surface area contributed by atoms with Gasteiger partial charge in [0.1, 0.15) is 6.07 Å². The fourth-order valence-electron chi connectivity index (χ4n) is 1.34. The van der Waals surface area contributed by atoms with E-state index in [1.54, 1.807) is 31.7 Å². The molecule has 1 aromatic carbocycles. The molecular formula is C14H15NOS. The summed E-state index contributed by atoms with van der Waals surface area (Å²) in [5, 5.41) is 8.96. The van der Waals surface area contributed by atoms with Crippen molar-refractivity contribution < 1.29 is 4.79 Å². The molecule has 0 fully saturated rings. The molecule has 2 nitrogen and oxygen atoms in total. The molecule has 0 aliphatic rings. The number of carbonyl (C=O) groups excluding carboxylic acids is 1. The van der Waals surface area contributed by atoms with Gasteiger partial charge in [-0.15, -0.1) is 11.8 Å². The van der Waals surface area contributed by atoms with Gasteiger partial charge in [0, 0.05) is 10.8 Å². The van der Waals surface area contributed by atoms with E-state index in [1.165, 1.54) is 0 Å². The second-order valence-electron chi connectivity index (χ2n) is 3.96. The van der Waals surface area contributed by atoms with Crippen LogP contribution >= 0.6 is 11.8 Å². The van der Waals surface area contributed by atoms with Crippen molar-refractivity contribution in [3.8, 4) is 6.07 Å². The summed E-state index contributed by atoms with van der Waals surface area (Å²) in [7, 11) is 0. The molecule has 1 rings (SSSR count). The molecule has 3 heteroatoms. The van der Waals surface area contributed by atoms with Gasteiger partial charge >= 0.3 is 0 Å². The normalized spacial score (nSPS) is 11.4. The van der Waals surface area contributed by atoms with Crippen LogP contribution in [-0.4, -0.2) is 12.0 Å². The molecule has 0 saturated heterocycles. The van der Waals surface area contributed by atoms with Gasteiger partial charge in [0.05, 0.1) is 5.57 Å². The van der Waals surface area contributed by atoms with Crippen LogP contribution in [0.15, 0.2) is 34.7 Å². The van der Waals surface area contributed by atoms with Crippen LogP contribution in [-0.2, 0) is 4.79 Å². The average Bonchev–Trinajstić information content (AvgIpc) is 2.35. The zero-order valence-electron chi connectivity index (χ0n) is 10.2. The molecule has 0 heterocycles. The van der Waals surface area contributed by atoms with Gasteiger partial charge in [0.25, 0.3) is 0 Å². The number of ketones is 1. The fraction of sp³-hybridized carbons (Fsp3) is 0.286. The Morgan fingerprint density at radius 1 is 1.35 bits per heavy atom. The van der Waals surface area contributed by atoms with Gasteiger partial charge in [-0.3, -0.25) is 4.79 Å². The molecule has 0 aliphatic heterocycles. The minimum Gasteiger partial charge on any atom is -0.293 e. The Bertz CT molecular complexity index is 466. The van der Waals surface area contributed by atoms with Crippen LogP contribution in [0.3, 0.4) is 0 Å². The summed E-state index contributed by atoms with van der Waals surface area (Å²) in [6, 6.07) is 9.75. The van der Waals surface area contributed by atoms with Gasteiger partial charge in [0.2, 0.25) is 0 Å². The van der Waals surface area contributed by atoms with Crippen molar-refractivity contribution >= 4 is 23.6 Å². The number of carbonyl (C=O) groups is 1. The Kier molecular flexibility index (Phi) is 4.99. The molecule has 0 atom stereocenters. The molecule has 0 bridgehead atoms. The zero-order valence-corrected chi connectivity index (χ0v) is 11.0. The van der Waals surface area contributed by atoms with E-state index in [1.807, 2.05) is 36.6 Å². The van der Waals surface area contributed by atoms with Crippen molar-refractivity contribution in [2.24, 2.45) is 5.92 Å². The van der Waals surface area contributed by atoms with Crippen LogP contribution in [0.5, 0.6) is 0 Å². The van der Waals surface area contributed by atoms with Crippen molar-refractivity contribution in [3.05, 3.63) is 35.4 Å². The smallest absolute Gasteiger partial charge is 0.175 e. The maximum Gasteiger partial charge on any atom is 0.175 e. The number of allylic oxidation sites excluding steroid dienone is 1. The molecule has 0 unspecified atom stereocenters. The largest absolute Gasteiger partial charge is 0.293 e. The summed E-state index contributed by atoms with van der Waals surface area (Å²) in [6.45, 7) is 3.59. The van der Waals surface area contributed by atoms with Crippen LogP contribution in [0.2, 0.25) is 0 Å². The number of benzene rings is 1. The molecule has 17 heavy (non-hydrogen) atoms. The summed E-state index contributed by atoms with van der Waals surface area (Å²) < 4.78 is 0. The lowest BCUT2D eigenvalue weighted by molar-refractivity contribution is -0.117. The Balaban J connectivity index is 2.99. The van der Waals surface area contributed by atoms with Gasteiger partial charge in [-0.2, -0.15) is 5.26 Å². The molecule has 0 saturated carbocycles. The summed E-state index contributed by atoms with van der Waals surface area (Å²) in [6.07, 6.45) is 3.65. The summed E-state index contributed by atoms with van der Waals surface area (Å²) in [4.78, 5) is 12.9. The average molecular weight is 245 g/mol. The van der Waals surface area contributed by atoms with E-state index in [-0.39, 0.29) is 17.3 Å². The lowest BCUT2D eigenvalue weighted by Gasteiger charge is -2.02. The maximum absolute atomic E-state index is 11.7. The van der Waals surface area contributed by atoms with Gasteiger partial charge in [-0.1, -0.05) is 26.0 Å². The van der Waals surface area contributed by atoms with Crippen molar-refractivity contribution in [2.45, 2.75) is 18.7 Å². The minimum absolute atomic E-state index is 0.110. The Morgan fingerprint density at radius 2 is 1.94 bits per heavy atom. The second kappa shape index (κ2) is 6.27. The topological polar surface area (TPSA) is 40.9 Å². The van der Waals surface area contributed by atoms with E-state index in [2.05, 4.69) is 0 Å². The number of hydrogen-bond donors (Lipinski definition) is 0.